The van der Waals surface area contributed by atoms with Crippen molar-refractivity contribution in [2.24, 2.45) is 11.5 Å². The van der Waals surface area contributed by atoms with Crippen molar-refractivity contribution in [1.29, 1.82) is 0 Å². The van der Waals surface area contributed by atoms with Gasteiger partial charge in [0.15, 0.2) is 0 Å². The number of rotatable bonds is 14. The lowest BCUT2D eigenvalue weighted by atomic mass is 10.0. The number of unbranched alkanes of at least 4 members (excludes halogenated alkanes) is 1. The van der Waals surface area contributed by atoms with E-state index in [0.29, 0.717) is 38.8 Å². The molecule has 3 amide bonds. The predicted molar refractivity (Wildman–Crippen MR) is 159 cm³/mol. The molecule has 42 heavy (non-hydrogen) atoms. The van der Waals surface area contributed by atoms with Crippen molar-refractivity contribution >= 4 is 34.6 Å². The fraction of sp³-hybridized carbons (Fsp3) is 0.419. The van der Waals surface area contributed by atoms with Crippen LogP contribution in [-0.4, -0.2) is 75.9 Å². The van der Waals surface area contributed by atoms with Gasteiger partial charge in [-0.3, -0.25) is 14.4 Å². The average molecular weight is 577 g/mol. The summed E-state index contributed by atoms with van der Waals surface area (Å²) in [5.41, 5.74) is 14.1. The molecule has 2 aromatic carbocycles. The summed E-state index contributed by atoms with van der Waals surface area (Å²) < 4.78 is 0. The number of carboxylic acid groups (broad SMARTS) is 1. The lowest BCUT2D eigenvalue weighted by Crippen LogP contribution is -2.57. The predicted octanol–water partition coefficient (Wildman–Crippen LogP) is 1.45. The number of nitrogens with one attached hydrogen (secondary N) is 3. The molecular weight excluding hydrogens is 536 g/mol. The van der Waals surface area contributed by atoms with Crippen molar-refractivity contribution in [3.8, 4) is 0 Å². The number of likely N-dealkylation sites (tertiary alicyclic amines) is 1. The highest BCUT2D eigenvalue weighted by molar-refractivity contribution is 5.95. The van der Waals surface area contributed by atoms with Gasteiger partial charge in [-0.1, -0.05) is 55.0 Å². The lowest BCUT2D eigenvalue weighted by Gasteiger charge is -2.30. The molecule has 2 heterocycles. The largest absolute Gasteiger partial charge is 0.480 e. The zero-order valence-corrected chi connectivity index (χ0v) is 23.6. The number of carbonyl (C=O) groups is 4. The molecular formula is C31H40N6O5. The van der Waals surface area contributed by atoms with E-state index >= 15 is 0 Å². The van der Waals surface area contributed by atoms with Gasteiger partial charge in [0.05, 0.1) is 6.04 Å². The second kappa shape index (κ2) is 14.6. The number of amides is 3. The van der Waals surface area contributed by atoms with Crippen LogP contribution in [0.2, 0.25) is 0 Å². The van der Waals surface area contributed by atoms with E-state index in [1.54, 1.807) is 6.20 Å². The first-order chi connectivity index (χ1) is 20.3. The lowest BCUT2D eigenvalue weighted by molar-refractivity contribution is -0.144. The summed E-state index contributed by atoms with van der Waals surface area (Å²) in [6.45, 7) is 0.827. The maximum Gasteiger partial charge on any atom is 0.326 e. The highest BCUT2D eigenvalue weighted by Gasteiger charge is 2.39. The van der Waals surface area contributed by atoms with Gasteiger partial charge in [0.2, 0.25) is 17.7 Å². The monoisotopic (exact) mass is 576 g/mol. The van der Waals surface area contributed by atoms with Gasteiger partial charge in [-0.05, 0) is 49.4 Å². The van der Waals surface area contributed by atoms with E-state index in [1.165, 1.54) is 4.90 Å². The van der Waals surface area contributed by atoms with Gasteiger partial charge in [0.1, 0.15) is 18.1 Å². The van der Waals surface area contributed by atoms with E-state index in [0.717, 1.165) is 28.5 Å². The number of nitrogens with two attached hydrogens (primary N) is 2. The molecule has 224 valence electrons. The van der Waals surface area contributed by atoms with Gasteiger partial charge < -0.3 is 37.1 Å². The molecule has 0 bridgehead atoms. The molecule has 1 fully saturated rings. The highest BCUT2D eigenvalue weighted by atomic mass is 16.4. The maximum atomic E-state index is 13.9. The molecule has 1 aliphatic heterocycles. The molecule has 3 aromatic rings. The number of aromatic nitrogens is 1. The number of nitrogens with zero attached hydrogens (tertiary/aromatic N) is 1. The number of fused-ring (bicyclic) bond motifs is 1. The molecule has 1 aromatic heterocycles. The summed E-state index contributed by atoms with van der Waals surface area (Å²) in [4.78, 5) is 57.0. The molecule has 11 nitrogen and oxygen atoms in total. The van der Waals surface area contributed by atoms with Crippen molar-refractivity contribution in [3.05, 3.63) is 71.9 Å². The van der Waals surface area contributed by atoms with Crippen LogP contribution in [0.25, 0.3) is 10.9 Å². The normalized spacial score (nSPS) is 17.0. The van der Waals surface area contributed by atoms with Crippen LogP contribution in [0.4, 0.5) is 0 Å². The fourth-order valence-corrected chi connectivity index (χ4v) is 5.46. The van der Waals surface area contributed by atoms with Crippen LogP contribution in [0.5, 0.6) is 0 Å². The smallest absolute Gasteiger partial charge is 0.326 e. The van der Waals surface area contributed by atoms with Crippen molar-refractivity contribution in [2.75, 3.05) is 13.1 Å². The summed E-state index contributed by atoms with van der Waals surface area (Å²) in [7, 11) is 0. The molecule has 0 saturated carbocycles. The minimum absolute atomic E-state index is 0.0838. The van der Waals surface area contributed by atoms with Crippen LogP contribution in [0.15, 0.2) is 60.8 Å². The van der Waals surface area contributed by atoms with Gasteiger partial charge in [-0.2, -0.15) is 0 Å². The molecule has 4 atom stereocenters. The van der Waals surface area contributed by atoms with Crippen LogP contribution >= 0.6 is 0 Å². The number of hydrogen-bond donors (Lipinski definition) is 6. The van der Waals surface area contributed by atoms with Crippen LogP contribution in [0.3, 0.4) is 0 Å². The Balaban J connectivity index is 1.47. The maximum absolute atomic E-state index is 13.9. The van der Waals surface area contributed by atoms with Crippen LogP contribution in [0, 0.1) is 0 Å². The summed E-state index contributed by atoms with van der Waals surface area (Å²) in [5.74, 6) is -2.53. The Hall–Kier alpha value is -4.22. The minimum Gasteiger partial charge on any atom is -0.480 e. The molecule has 0 aliphatic carbocycles. The SMILES string of the molecule is NCCCCC(N)C(=O)NC(Cc1ccccc1)C(=O)N1CCCC1C(=O)NC(Cc1c[nH]c2ccccc12)C(=O)O. The summed E-state index contributed by atoms with van der Waals surface area (Å²) in [6, 6.07) is 13.1. The second-order valence-corrected chi connectivity index (χ2v) is 10.8. The van der Waals surface area contributed by atoms with Crippen molar-refractivity contribution in [3.63, 3.8) is 0 Å². The number of aromatic amines is 1. The molecule has 0 radical (unpaired) electrons. The van der Waals surface area contributed by atoms with E-state index < -0.39 is 47.9 Å². The number of carbonyl (C=O) groups excluding carboxylic acids is 3. The molecule has 8 N–H and O–H groups in total. The Morgan fingerprint density at radius 2 is 1.71 bits per heavy atom. The first kappa shape index (κ1) is 30.7. The van der Waals surface area contributed by atoms with Gasteiger partial charge in [0, 0.05) is 36.5 Å². The number of H-pyrrole nitrogens is 1. The summed E-state index contributed by atoms with van der Waals surface area (Å²) >= 11 is 0. The Labute approximate surface area is 245 Å². The summed E-state index contributed by atoms with van der Waals surface area (Å²) in [6.07, 6.45) is 4.91. The number of carboxylic acids is 1. The van der Waals surface area contributed by atoms with E-state index in [4.69, 9.17) is 11.5 Å². The highest BCUT2D eigenvalue weighted by Crippen LogP contribution is 2.22. The zero-order valence-electron chi connectivity index (χ0n) is 23.6. The van der Waals surface area contributed by atoms with Gasteiger partial charge >= 0.3 is 5.97 Å². The molecule has 11 heteroatoms. The number of benzene rings is 2. The van der Waals surface area contributed by atoms with Crippen LogP contribution in [0.1, 0.15) is 43.2 Å². The van der Waals surface area contributed by atoms with Crippen molar-refractivity contribution < 1.29 is 24.3 Å². The summed E-state index contributed by atoms with van der Waals surface area (Å²) in [5, 5.41) is 16.3. The van der Waals surface area contributed by atoms with E-state index in [2.05, 4.69) is 15.6 Å². The first-order valence-corrected chi connectivity index (χ1v) is 14.5. The third kappa shape index (κ3) is 7.74. The fourth-order valence-electron chi connectivity index (χ4n) is 5.46. The van der Waals surface area contributed by atoms with Crippen LogP contribution in [-0.2, 0) is 32.0 Å². The average Bonchev–Trinajstić information content (AvgIpc) is 3.64. The quantitative estimate of drug-likeness (QED) is 0.157. The standard InChI is InChI=1S/C31H40N6O5/c32-15-7-6-12-23(33)28(38)35-25(17-20-9-2-1-3-10-20)30(40)37-16-8-14-27(37)29(39)36-26(31(41)42)18-21-19-34-24-13-5-4-11-22(21)24/h1-5,9-11,13,19,23,25-27,34H,6-8,12,14-18,32-33H2,(H,35,38)(H,36,39)(H,41,42). The third-order valence-corrected chi connectivity index (χ3v) is 7.76. The zero-order chi connectivity index (χ0) is 30.1. The van der Waals surface area contributed by atoms with E-state index in [-0.39, 0.29) is 12.8 Å². The Morgan fingerprint density at radius 1 is 0.976 bits per heavy atom. The second-order valence-electron chi connectivity index (χ2n) is 10.8. The molecule has 1 saturated heterocycles. The Morgan fingerprint density at radius 3 is 2.45 bits per heavy atom. The Bertz CT molecular complexity index is 1380. The molecule has 1 aliphatic rings. The first-order valence-electron chi connectivity index (χ1n) is 14.5. The number of aliphatic carboxylic acids is 1. The third-order valence-electron chi connectivity index (χ3n) is 7.76. The van der Waals surface area contributed by atoms with Crippen molar-refractivity contribution in [2.45, 2.75) is 69.1 Å². The minimum atomic E-state index is -1.18. The van der Waals surface area contributed by atoms with Gasteiger partial charge in [-0.25, -0.2) is 4.79 Å². The molecule has 4 rings (SSSR count). The molecule has 0 spiro atoms. The van der Waals surface area contributed by atoms with E-state index in [9.17, 15) is 24.3 Å². The van der Waals surface area contributed by atoms with Gasteiger partial charge in [0.25, 0.3) is 0 Å². The topological polar surface area (TPSA) is 184 Å². The van der Waals surface area contributed by atoms with E-state index in [1.807, 2.05) is 54.6 Å². The Kier molecular flexibility index (Phi) is 10.7. The van der Waals surface area contributed by atoms with Crippen molar-refractivity contribution in [1.82, 2.24) is 20.5 Å². The molecule has 4 unspecified atom stereocenters. The number of para-hydroxylation sites is 1. The number of hydrogen-bond acceptors (Lipinski definition) is 6. The van der Waals surface area contributed by atoms with Crippen LogP contribution < -0.4 is 22.1 Å². The van der Waals surface area contributed by atoms with Gasteiger partial charge in [-0.15, -0.1) is 0 Å².